The summed E-state index contributed by atoms with van der Waals surface area (Å²) in [7, 11) is 0. The molecule has 2 atom stereocenters. The Bertz CT molecular complexity index is 451. The Labute approximate surface area is 108 Å². The summed E-state index contributed by atoms with van der Waals surface area (Å²) in [5.74, 6) is 0.884. The van der Waals surface area contributed by atoms with E-state index in [1.807, 2.05) is 25.1 Å². The molecule has 1 saturated carbocycles. The predicted octanol–water partition coefficient (Wildman–Crippen LogP) is 2.94. The van der Waals surface area contributed by atoms with Gasteiger partial charge in [0.2, 0.25) is 5.91 Å². The van der Waals surface area contributed by atoms with Gasteiger partial charge in [-0.15, -0.1) is 0 Å². The number of rotatable bonds is 4. The molecule has 3 nitrogen and oxygen atoms in total. The minimum atomic E-state index is 0.0452. The van der Waals surface area contributed by atoms with Gasteiger partial charge >= 0.3 is 0 Å². The van der Waals surface area contributed by atoms with E-state index in [1.165, 1.54) is 5.56 Å². The number of amides is 1. The summed E-state index contributed by atoms with van der Waals surface area (Å²) in [5, 5.41) is 4.13. The van der Waals surface area contributed by atoms with Crippen molar-refractivity contribution in [1.82, 2.24) is 5.43 Å². The van der Waals surface area contributed by atoms with E-state index < -0.39 is 0 Å². The Morgan fingerprint density at radius 2 is 2.00 bits per heavy atom. The van der Waals surface area contributed by atoms with Crippen LogP contribution in [0.3, 0.4) is 0 Å². The number of benzene rings is 1. The van der Waals surface area contributed by atoms with Crippen LogP contribution < -0.4 is 5.43 Å². The van der Waals surface area contributed by atoms with Gasteiger partial charge in [-0.2, -0.15) is 5.10 Å². The van der Waals surface area contributed by atoms with Crippen LogP contribution in [0.2, 0.25) is 0 Å². The van der Waals surface area contributed by atoms with Gasteiger partial charge in [0.1, 0.15) is 0 Å². The number of nitrogens with zero attached hydrogens (tertiary/aromatic N) is 1. The van der Waals surface area contributed by atoms with Crippen LogP contribution in [0.1, 0.15) is 38.7 Å². The molecule has 1 aliphatic carbocycles. The van der Waals surface area contributed by atoms with Crippen molar-refractivity contribution in [3.63, 3.8) is 0 Å². The second-order valence-electron chi connectivity index (χ2n) is 5.24. The molecule has 96 valence electrons. The van der Waals surface area contributed by atoms with Crippen LogP contribution in [-0.4, -0.2) is 11.6 Å². The third-order valence-corrected chi connectivity index (χ3v) is 3.53. The van der Waals surface area contributed by atoms with E-state index in [2.05, 4.69) is 36.5 Å². The first-order valence-corrected chi connectivity index (χ1v) is 6.48. The number of carbonyl (C=O) groups excluding carboxylic acids is 1. The average molecular weight is 244 g/mol. The van der Waals surface area contributed by atoms with E-state index in [0.717, 1.165) is 12.1 Å². The molecule has 3 heteroatoms. The van der Waals surface area contributed by atoms with Gasteiger partial charge < -0.3 is 0 Å². The first-order valence-electron chi connectivity index (χ1n) is 6.48. The van der Waals surface area contributed by atoms with Crippen molar-refractivity contribution in [2.45, 2.75) is 33.1 Å². The van der Waals surface area contributed by atoms with Crippen molar-refractivity contribution in [1.29, 1.82) is 0 Å². The zero-order valence-corrected chi connectivity index (χ0v) is 11.2. The highest BCUT2D eigenvalue weighted by molar-refractivity contribution is 5.87. The van der Waals surface area contributed by atoms with Crippen molar-refractivity contribution >= 4 is 11.6 Å². The number of hydrogen-bond donors (Lipinski definition) is 1. The lowest BCUT2D eigenvalue weighted by atomic mass is 10.1. The lowest BCUT2D eigenvalue weighted by Crippen LogP contribution is -2.22. The SMILES string of the molecule is C/C(=N\NC(=O)C1CC1c1ccccc1)C(C)C. The number of hydrazone groups is 1. The van der Waals surface area contributed by atoms with Crippen molar-refractivity contribution < 1.29 is 4.79 Å². The molecule has 18 heavy (non-hydrogen) atoms. The first kappa shape index (κ1) is 12.8. The molecule has 2 unspecified atom stereocenters. The normalized spacial score (nSPS) is 23.0. The Morgan fingerprint density at radius 3 is 2.61 bits per heavy atom. The van der Waals surface area contributed by atoms with Crippen LogP contribution in [0.25, 0.3) is 0 Å². The van der Waals surface area contributed by atoms with Crippen LogP contribution in [0, 0.1) is 11.8 Å². The monoisotopic (exact) mass is 244 g/mol. The predicted molar refractivity (Wildman–Crippen MR) is 73.4 cm³/mol. The molecule has 0 saturated heterocycles. The molecule has 1 fully saturated rings. The lowest BCUT2D eigenvalue weighted by molar-refractivity contribution is -0.122. The summed E-state index contributed by atoms with van der Waals surface area (Å²) in [4.78, 5) is 11.9. The first-order chi connectivity index (χ1) is 8.59. The molecule has 0 bridgehead atoms. The van der Waals surface area contributed by atoms with Gasteiger partial charge in [0.15, 0.2) is 0 Å². The zero-order chi connectivity index (χ0) is 13.1. The van der Waals surface area contributed by atoms with E-state index >= 15 is 0 Å². The fourth-order valence-electron chi connectivity index (χ4n) is 1.91. The van der Waals surface area contributed by atoms with Crippen molar-refractivity contribution in [2.75, 3.05) is 0 Å². The molecule has 0 aromatic heterocycles. The highest BCUT2D eigenvalue weighted by Crippen LogP contribution is 2.47. The smallest absolute Gasteiger partial charge is 0.243 e. The average Bonchev–Trinajstić information content (AvgIpc) is 3.16. The molecule has 1 aliphatic rings. The van der Waals surface area contributed by atoms with Crippen molar-refractivity contribution in [2.24, 2.45) is 16.9 Å². The summed E-state index contributed by atoms with van der Waals surface area (Å²) in [6.07, 6.45) is 0.937. The molecule has 2 rings (SSSR count). The fraction of sp³-hybridized carbons (Fsp3) is 0.467. The Kier molecular flexibility index (Phi) is 3.80. The second-order valence-corrected chi connectivity index (χ2v) is 5.24. The molecule has 1 N–H and O–H groups in total. The quantitative estimate of drug-likeness (QED) is 0.642. The summed E-state index contributed by atoms with van der Waals surface area (Å²) in [6, 6.07) is 10.2. The molecule has 0 heterocycles. The highest BCUT2D eigenvalue weighted by atomic mass is 16.2. The maximum absolute atomic E-state index is 11.9. The van der Waals surface area contributed by atoms with Crippen molar-refractivity contribution in [3.05, 3.63) is 35.9 Å². The van der Waals surface area contributed by atoms with E-state index in [-0.39, 0.29) is 11.8 Å². The summed E-state index contributed by atoms with van der Waals surface area (Å²) in [6.45, 7) is 6.07. The summed E-state index contributed by atoms with van der Waals surface area (Å²) < 4.78 is 0. The molecule has 1 aromatic rings. The number of nitrogens with one attached hydrogen (secondary N) is 1. The van der Waals surface area contributed by atoms with Gasteiger partial charge in [-0.1, -0.05) is 44.2 Å². The van der Waals surface area contributed by atoms with Crippen LogP contribution in [0.4, 0.5) is 0 Å². The van der Waals surface area contributed by atoms with Crippen LogP contribution in [0.5, 0.6) is 0 Å². The summed E-state index contributed by atoms with van der Waals surface area (Å²) >= 11 is 0. The van der Waals surface area contributed by atoms with Crippen LogP contribution >= 0.6 is 0 Å². The van der Waals surface area contributed by atoms with E-state index in [9.17, 15) is 4.79 Å². The van der Waals surface area contributed by atoms with Gasteiger partial charge in [0.05, 0.1) is 0 Å². The molecule has 0 spiro atoms. The second kappa shape index (κ2) is 5.34. The zero-order valence-electron chi connectivity index (χ0n) is 11.2. The van der Waals surface area contributed by atoms with E-state index in [0.29, 0.717) is 11.8 Å². The van der Waals surface area contributed by atoms with E-state index in [4.69, 9.17) is 0 Å². The topological polar surface area (TPSA) is 41.5 Å². The van der Waals surface area contributed by atoms with Gasteiger partial charge in [-0.3, -0.25) is 4.79 Å². The molecule has 0 radical (unpaired) electrons. The maximum atomic E-state index is 11.9. The third kappa shape index (κ3) is 2.97. The third-order valence-electron chi connectivity index (χ3n) is 3.53. The Morgan fingerprint density at radius 1 is 1.33 bits per heavy atom. The van der Waals surface area contributed by atoms with E-state index in [1.54, 1.807) is 0 Å². The fourth-order valence-corrected chi connectivity index (χ4v) is 1.91. The van der Waals surface area contributed by atoms with Crippen LogP contribution in [0.15, 0.2) is 35.4 Å². The maximum Gasteiger partial charge on any atom is 0.243 e. The van der Waals surface area contributed by atoms with Gasteiger partial charge in [0, 0.05) is 11.6 Å². The number of carbonyl (C=O) groups is 1. The molecular formula is C15H20N2O. The largest absolute Gasteiger partial charge is 0.273 e. The van der Waals surface area contributed by atoms with Crippen LogP contribution in [-0.2, 0) is 4.79 Å². The molecule has 1 amide bonds. The lowest BCUT2D eigenvalue weighted by Gasteiger charge is -2.04. The molecule has 0 aliphatic heterocycles. The molecular weight excluding hydrogens is 224 g/mol. The Hall–Kier alpha value is -1.64. The minimum absolute atomic E-state index is 0.0452. The van der Waals surface area contributed by atoms with Gasteiger partial charge in [-0.05, 0) is 30.7 Å². The van der Waals surface area contributed by atoms with Gasteiger partial charge in [-0.25, -0.2) is 5.43 Å². The van der Waals surface area contributed by atoms with Gasteiger partial charge in [0.25, 0.3) is 0 Å². The summed E-state index contributed by atoms with van der Waals surface area (Å²) in [5.41, 5.74) is 4.89. The van der Waals surface area contributed by atoms with Crippen molar-refractivity contribution in [3.8, 4) is 0 Å². The Balaban J connectivity index is 1.89. The standard InChI is InChI=1S/C15H20N2O/c1-10(2)11(3)16-17-15(18)14-9-13(14)12-7-5-4-6-8-12/h4-8,10,13-14H,9H2,1-3H3,(H,17,18)/b16-11+. The minimum Gasteiger partial charge on any atom is -0.273 e. The number of hydrogen-bond acceptors (Lipinski definition) is 2. The molecule has 1 aromatic carbocycles. The highest BCUT2D eigenvalue weighted by Gasteiger charge is 2.43.